The molecule has 5 heteroatoms. The monoisotopic (exact) mass is 288 g/mol. The number of aliphatic carboxylic acids is 1. The second-order valence-electron chi connectivity index (χ2n) is 5.18. The molecule has 2 rings (SSSR count). The van der Waals surface area contributed by atoms with Gasteiger partial charge in [-0.05, 0) is 25.3 Å². The van der Waals surface area contributed by atoms with Gasteiger partial charge in [0.2, 0.25) is 0 Å². The summed E-state index contributed by atoms with van der Waals surface area (Å²) in [5, 5.41) is 10.4. The lowest BCUT2D eigenvalue weighted by Gasteiger charge is -2.29. The second-order valence-corrected chi connectivity index (χ2v) is 5.18. The summed E-state index contributed by atoms with van der Waals surface area (Å²) in [6.45, 7) is 3.06. The highest BCUT2D eigenvalue weighted by Gasteiger charge is 2.26. The van der Waals surface area contributed by atoms with E-state index in [1.54, 1.807) is 0 Å². The zero-order valence-corrected chi connectivity index (χ0v) is 12.1. The largest absolute Gasteiger partial charge is 0.481 e. The maximum absolute atomic E-state index is 12.3. The normalized spacial score (nSPS) is 15.5. The molecule has 0 radical (unpaired) electrons. The van der Waals surface area contributed by atoms with Crippen molar-refractivity contribution in [1.82, 2.24) is 10.4 Å². The van der Waals surface area contributed by atoms with E-state index < -0.39 is 5.97 Å². The highest BCUT2D eigenvalue weighted by atomic mass is 16.4. The molecule has 112 valence electrons. The Bertz CT molecular complexity index is 552. The van der Waals surface area contributed by atoms with Crippen LogP contribution in [0, 0.1) is 0 Å². The van der Waals surface area contributed by atoms with Crippen LogP contribution in [0.25, 0.3) is 0 Å². The number of rotatable bonds is 6. The summed E-state index contributed by atoms with van der Waals surface area (Å²) >= 11 is 0. The Balaban J connectivity index is 1.90. The molecule has 5 nitrogen and oxygen atoms in total. The van der Waals surface area contributed by atoms with Crippen molar-refractivity contribution in [2.24, 2.45) is 0 Å². The number of benzene rings is 1. The van der Waals surface area contributed by atoms with Crippen LogP contribution in [-0.4, -0.2) is 35.1 Å². The summed E-state index contributed by atoms with van der Waals surface area (Å²) in [6, 6.07) is 10.0. The second kappa shape index (κ2) is 7.04. The number of hydrazine groups is 1. The van der Waals surface area contributed by atoms with Crippen molar-refractivity contribution in [3.8, 4) is 0 Å². The Labute approximate surface area is 124 Å². The number of carbonyl (C=O) groups is 2. The molecule has 0 fully saturated rings. The lowest BCUT2D eigenvalue weighted by Crippen LogP contribution is -2.47. The minimum absolute atomic E-state index is 0.207. The van der Waals surface area contributed by atoms with Gasteiger partial charge >= 0.3 is 5.97 Å². The highest BCUT2D eigenvalue weighted by molar-refractivity contribution is 5.98. The Morgan fingerprint density at radius 1 is 1.33 bits per heavy atom. The van der Waals surface area contributed by atoms with Crippen molar-refractivity contribution in [3.05, 3.63) is 47.0 Å². The molecule has 1 aromatic rings. The molecule has 0 atom stereocenters. The van der Waals surface area contributed by atoms with E-state index in [9.17, 15) is 9.59 Å². The van der Waals surface area contributed by atoms with Gasteiger partial charge in [0.25, 0.3) is 5.91 Å². The SMILES string of the molecule is CC1=C(CC(=O)O)C(=O)N(NCCc2ccccc2)CC1. The Hall–Kier alpha value is -2.14. The van der Waals surface area contributed by atoms with E-state index in [-0.39, 0.29) is 12.3 Å². The van der Waals surface area contributed by atoms with Gasteiger partial charge in [0.05, 0.1) is 6.42 Å². The fourth-order valence-electron chi connectivity index (χ4n) is 2.39. The van der Waals surface area contributed by atoms with E-state index in [0.29, 0.717) is 25.1 Å². The fourth-order valence-corrected chi connectivity index (χ4v) is 2.39. The molecule has 2 N–H and O–H groups in total. The molecule has 1 heterocycles. The number of carboxylic acid groups (broad SMARTS) is 1. The van der Waals surface area contributed by atoms with Gasteiger partial charge in [-0.1, -0.05) is 35.9 Å². The van der Waals surface area contributed by atoms with E-state index in [1.165, 1.54) is 10.6 Å². The first-order valence-corrected chi connectivity index (χ1v) is 7.07. The van der Waals surface area contributed by atoms with E-state index in [0.717, 1.165) is 12.0 Å². The Morgan fingerprint density at radius 3 is 2.71 bits per heavy atom. The predicted octanol–water partition coefficient (Wildman–Crippen LogP) is 1.76. The first-order valence-electron chi connectivity index (χ1n) is 7.07. The van der Waals surface area contributed by atoms with E-state index in [1.807, 2.05) is 37.3 Å². The number of hydrogen-bond acceptors (Lipinski definition) is 3. The standard InChI is InChI=1S/C16H20N2O3/c1-12-8-10-18(16(21)14(12)11-15(19)20)17-9-7-13-5-3-2-4-6-13/h2-6,17H,7-11H2,1H3,(H,19,20). The molecule has 0 aliphatic carbocycles. The summed E-state index contributed by atoms with van der Waals surface area (Å²) in [6.07, 6.45) is 1.33. The van der Waals surface area contributed by atoms with Crippen molar-refractivity contribution in [2.45, 2.75) is 26.2 Å². The summed E-state index contributed by atoms with van der Waals surface area (Å²) in [5.41, 5.74) is 5.58. The van der Waals surface area contributed by atoms with Crippen molar-refractivity contribution >= 4 is 11.9 Å². The maximum Gasteiger partial charge on any atom is 0.308 e. The molecule has 0 spiro atoms. The molecule has 0 saturated heterocycles. The number of carboxylic acids is 1. The lowest BCUT2D eigenvalue weighted by atomic mass is 9.99. The Morgan fingerprint density at radius 2 is 2.05 bits per heavy atom. The number of hydrogen-bond donors (Lipinski definition) is 2. The molecule has 0 saturated carbocycles. The molecule has 0 aromatic heterocycles. The van der Waals surface area contributed by atoms with Crippen molar-refractivity contribution < 1.29 is 14.7 Å². The number of nitrogens with one attached hydrogen (secondary N) is 1. The average Bonchev–Trinajstić information content (AvgIpc) is 2.47. The first-order chi connectivity index (χ1) is 10.1. The molecule has 1 aliphatic heterocycles. The molecule has 21 heavy (non-hydrogen) atoms. The smallest absolute Gasteiger partial charge is 0.308 e. The van der Waals surface area contributed by atoms with Gasteiger partial charge in [-0.2, -0.15) is 0 Å². The average molecular weight is 288 g/mol. The third kappa shape index (κ3) is 4.16. The van der Waals surface area contributed by atoms with Gasteiger partial charge in [-0.15, -0.1) is 0 Å². The summed E-state index contributed by atoms with van der Waals surface area (Å²) in [4.78, 5) is 23.1. The summed E-state index contributed by atoms with van der Waals surface area (Å²) in [7, 11) is 0. The highest BCUT2D eigenvalue weighted by Crippen LogP contribution is 2.20. The van der Waals surface area contributed by atoms with Crippen molar-refractivity contribution in [3.63, 3.8) is 0 Å². The minimum Gasteiger partial charge on any atom is -0.481 e. The molecule has 1 amide bonds. The summed E-state index contributed by atoms with van der Waals surface area (Å²) in [5.74, 6) is -1.18. The van der Waals surface area contributed by atoms with Crippen molar-refractivity contribution in [2.75, 3.05) is 13.1 Å². The maximum atomic E-state index is 12.3. The van der Waals surface area contributed by atoms with Gasteiger partial charge in [0, 0.05) is 18.7 Å². The topological polar surface area (TPSA) is 69.6 Å². The first kappa shape index (κ1) is 15.3. The van der Waals surface area contributed by atoms with Crippen LogP contribution >= 0.6 is 0 Å². The third-order valence-electron chi connectivity index (χ3n) is 3.62. The molecular formula is C16H20N2O3. The number of amides is 1. The predicted molar refractivity (Wildman–Crippen MR) is 79.4 cm³/mol. The molecule has 0 bridgehead atoms. The summed E-state index contributed by atoms with van der Waals surface area (Å²) < 4.78 is 0. The van der Waals surface area contributed by atoms with Crippen LogP contribution in [0.5, 0.6) is 0 Å². The van der Waals surface area contributed by atoms with Gasteiger partial charge in [-0.3, -0.25) is 14.6 Å². The van der Waals surface area contributed by atoms with Gasteiger partial charge in [0.15, 0.2) is 0 Å². The van der Waals surface area contributed by atoms with E-state index >= 15 is 0 Å². The van der Waals surface area contributed by atoms with Crippen LogP contribution in [0.4, 0.5) is 0 Å². The van der Waals surface area contributed by atoms with Crippen LogP contribution in [0.15, 0.2) is 41.5 Å². The van der Waals surface area contributed by atoms with Gasteiger partial charge in [0.1, 0.15) is 0 Å². The Kier molecular flexibility index (Phi) is 5.11. The van der Waals surface area contributed by atoms with Crippen molar-refractivity contribution in [1.29, 1.82) is 0 Å². The van der Waals surface area contributed by atoms with Crippen LogP contribution < -0.4 is 5.43 Å². The molecular weight excluding hydrogens is 268 g/mol. The van der Waals surface area contributed by atoms with Crippen LogP contribution in [-0.2, 0) is 16.0 Å². The van der Waals surface area contributed by atoms with Gasteiger partial charge in [-0.25, -0.2) is 5.43 Å². The van der Waals surface area contributed by atoms with Crippen LogP contribution in [0.2, 0.25) is 0 Å². The van der Waals surface area contributed by atoms with E-state index in [4.69, 9.17) is 5.11 Å². The quantitative estimate of drug-likeness (QED) is 0.837. The molecule has 1 aromatic carbocycles. The minimum atomic E-state index is -0.969. The zero-order valence-electron chi connectivity index (χ0n) is 12.1. The third-order valence-corrected chi connectivity index (χ3v) is 3.62. The van der Waals surface area contributed by atoms with Crippen LogP contribution in [0.3, 0.4) is 0 Å². The number of nitrogens with zero attached hydrogens (tertiary/aromatic N) is 1. The fraction of sp³-hybridized carbons (Fsp3) is 0.375. The zero-order chi connectivity index (χ0) is 15.2. The number of carbonyl (C=O) groups excluding carboxylic acids is 1. The van der Waals surface area contributed by atoms with Gasteiger partial charge < -0.3 is 5.11 Å². The molecule has 0 unspecified atom stereocenters. The van der Waals surface area contributed by atoms with E-state index in [2.05, 4.69) is 5.43 Å². The molecule has 1 aliphatic rings. The lowest BCUT2D eigenvalue weighted by molar-refractivity contribution is -0.139. The van der Waals surface area contributed by atoms with Crippen LogP contribution in [0.1, 0.15) is 25.3 Å².